The van der Waals surface area contributed by atoms with Crippen molar-refractivity contribution >= 4 is 40.4 Å². The van der Waals surface area contributed by atoms with Crippen molar-refractivity contribution in [1.29, 1.82) is 0 Å². The van der Waals surface area contributed by atoms with Crippen molar-refractivity contribution in [2.24, 2.45) is 0 Å². The minimum absolute atomic E-state index is 0.0863. The van der Waals surface area contributed by atoms with Crippen molar-refractivity contribution < 1.29 is 19.1 Å². The fourth-order valence-electron chi connectivity index (χ4n) is 3.86. The summed E-state index contributed by atoms with van der Waals surface area (Å²) in [6.07, 6.45) is 2.50. The summed E-state index contributed by atoms with van der Waals surface area (Å²) in [5.41, 5.74) is 1.30. The number of ether oxygens (including phenoxy) is 1. The second kappa shape index (κ2) is 12.0. The van der Waals surface area contributed by atoms with E-state index in [1.807, 2.05) is 54.6 Å². The minimum Gasteiger partial charge on any atom is -0.444 e. The van der Waals surface area contributed by atoms with Crippen LogP contribution in [0.4, 0.5) is 10.5 Å². The molecule has 0 bridgehead atoms. The largest absolute Gasteiger partial charge is 0.444 e. The molecule has 3 amide bonds. The molecule has 1 unspecified atom stereocenters. The van der Waals surface area contributed by atoms with Crippen LogP contribution in [0.25, 0.3) is 16.8 Å². The first kappa shape index (κ1) is 27.2. The summed E-state index contributed by atoms with van der Waals surface area (Å²) in [6.45, 7) is 12.5. The van der Waals surface area contributed by atoms with Crippen LogP contribution in [0.2, 0.25) is 0 Å². The highest BCUT2D eigenvalue weighted by molar-refractivity contribution is 6.00. The van der Waals surface area contributed by atoms with Crippen molar-refractivity contribution in [2.75, 3.05) is 18.4 Å². The number of fused-ring (bicyclic) bond motifs is 1. The third-order valence-electron chi connectivity index (χ3n) is 5.47. The highest BCUT2D eigenvalue weighted by Gasteiger charge is 2.31. The van der Waals surface area contributed by atoms with Gasteiger partial charge in [0, 0.05) is 12.2 Å². The second-order valence-corrected chi connectivity index (χ2v) is 9.52. The van der Waals surface area contributed by atoms with Crippen LogP contribution in [0.5, 0.6) is 0 Å². The Balaban J connectivity index is 1.92. The summed E-state index contributed by atoms with van der Waals surface area (Å²) in [5, 5.41) is 7.46. The van der Waals surface area contributed by atoms with Gasteiger partial charge in [-0.1, -0.05) is 67.3 Å². The number of hydrogen-bond donors (Lipinski definition) is 2. The van der Waals surface area contributed by atoms with Gasteiger partial charge in [-0.25, -0.2) is 4.79 Å². The van der Waals surface area contributed by atoms with Crippen LogP contribution < -0.4 is 10.6 Å². The monoisotopic (exact) mass is 499 g/mol. The summed E-state index contributed by atoms with van der Waals surface area (Å²) < 4.78 is 5.23. The standard InChI is InChI=1S/C30H33N3O4/c1-6-17-33(26(34)20-31-29(36)37-30(3,4)5)27(24-14-10-11-21(7-2)18-24)28(35)32-25-16-15-22-12-8-9-13-23(22)19-25/h6-16,18-19,27H,1-2,17,20H2,3-5H3,(H,31,36)(H,32,35). The van der Waals surface area contributed by atoms with Gasteiger partial charge in [-0.3, -0.25) is 9.59 Å². The number of carbonyl (C=O) groups is 3. The highest BCUT2D eigenvalue weighted by Crippen LogP contribution is 2.26. The Bertz CT molecular complexity index is 1310. The molecule has 1 atom stereocenters. The molecule has 7 nitrogen and oxygen atoms in total. The third kappa shape index (κ3) is 7.54. The summed E-state index contributed by atoms with van der Waals surface area (Å²) in [6, 6.07) is 19.7. The van der Waals surface area contributed by atoms with Crippen molar-refractivity contribution in [3.05, 3.63) is 97.1 Å². The Kier molecular flexibility index (Phi) is 8.85. The maximum Gasteiger partial charge on any atom is 0.408 e. The van der Waals surface area contributed by atoms with Crippen LogP contribution >= 0.6 is 0 Å². The average Bonchev–Trinajstić information content (AvgIpc) is 2.86. The molecule has 0 saturated heterocycles. The predicted molar refractivity (Wildman–Crippen MR) is 148 cm³/mol. The molecule has 0 aliphatic rings. The third-order valence-corrected chi connectivity index (χ3v) is 5.47. The summed E-state index contributed by atoms with van der Waals surface area (Å²) >= 11 is 0. The molecule has 0 spiro atoms. The van der Waals surface area contributed by atoms with Crippen LogP contribution in [0.1, 0.15) is 37.9 Å². The number of anilines is 1. The number of benzene rings is 3. The number of hydrogen-bond acceptors (Lipinski definition) is 4. The zero-order chi connectivity index (χ0) is 27.0. The van der Waals surface area contributed by atoms with E-state index < -0.39 is 29.6 Å². The van der Waals surface area contributed by atoms with Crippen LogP contribution in [-0.4, -0.2) is 41.5 Å². The van der Waals surface area contributed by atoms with E-state index in [4.69, 9.17) is 4.74 Å². The van der Waals surface area contributed by atoms with Crippen LogP contribution in [0.15, 0.2) is 86.0 Å². The van der Waals surface area contributed by atoms with Gasteiger partial charge in [0.15, 0.2) is 0 Å². The zero-order valence-electron chi connectivity index (χ0n) is 21.5. The molecule has 0 fully saturated rings. The average molecular weight is 500 g/mol. The summed E-state index contributed by atoms with van der Waals surface area (Å²) in [7, 11) is 0. The normalized spacial score (nSPS) is 11.8. The van der Waals surface area contributed by atoms with Crippen LogP contribution in [-0.2, 0) is 14.3 Å². The maximum atomic E-state index is 13.7. The summed E-state index contributed by atoms with van der Waals surface area (Å²) in [5.74, 6) is -0.864. The Morgan fingerprint density at radius 1 is 0.973 bits per heavy atom. The van der Waals surface area contributed by atoms with Gasteiger partial charge in [0.1, 0.15) is 18.2 Å². The van der Waals surface area contributed by atoms with E-state index in [0.717, 1.165) is 16.3 Å². The quantitative estimate of drug-likeness (QED) is 0.370. The zero-order valence-corrected chi connectivity index (χ0v) is 21.5. The van der Waals surface area contributed by atoms with E-state index in [2.05, 4.69) is 23.8 Å². The fraction of sp³-hybridized carbons (Fsp3) is 0.233. The van der Waals surface area contributed by atoms with Gasteiger partial charge >= 0.3 is 6.09 Å². The highest BCUT2D eigenvalue weighted by atomic mass is 16.6. The predicted octanol–water partition coefficient (Wildman–Crippen LogP) is 5.70. The van der Waals surface area contributed by atoms with E-state index in [1.165, 1.54) is 4.90 Å². The Labute approximate surface area is 217 Å². The molecule has 0 aliphatic carbocycles. The molecule has 3 rings (SSSR count). The van der Waals surface area contributed by atoms with E-state index in [9.17, 15) is 14.4 Å². The number of nitrogens with one attached hydrogen (secondary N) is 2. The number of nitrogens with zero attached hydrogens (tertiary/aromatic N) is 1. The minimum atomic E-state index is -0.989. The SMILES string of the molecule is C=CCN(C(=O)CNC(=O)OC(C)(C)C)C(C(=O)Nc1ccc2ccccc2c1)c1cccc(C=C)c1. The van der Waals surface area contributed by atoms with Crippen LogP contribution in [0, 0.1) is 0 Å². The topological polar surface area (TPSA) is 87.7 Å². The number of alkyl carbamates (subject to hydrolysis) is 1. The molecule has 3 aromatic rings. The molecule has 3 aromatic carbocycles. The van der Waals surface area contributed by atoms with E-state index in [-0.39, 0.29) is 13.1 Å². The van der Waals surface area contributed by atoms with Gasteiger partial charge in [0.05, 0.1) is 0 Å². The molecule has 2 N–H and O–H groups in total. The Morgan fingerprint density at radius 2 is 1.70 bits per heavy atom. The lowest BCUT2D eigenvalue weighted by Crippen LogP contribution is -2.46. The lowest BCUT2D eigenvalue weighted by Gasteiger charge is -2.31. The number of amides is 3. The lowest BCUT2D eigenvalue weighted by atomic mass is 10.0. The molecule has 0 heterocycles. The van der Waals surface area contributed by atoms with Crippen molar-refractivity contribution in [3.63, 3.8) is 0 Å². The van der Waals surface area contributed by atoms with E-state index in [0.29, 0.717) is 11.3 Å². The molecular formula is C30H33N3O4. The molecule has 0 aromatic heterocycles. The Hall–Kier alpha value is -4.39. The molecular weight excluding hydrogens is 466 g/mol. The molecule has 7 heteroatoms. The summed E-state index contributed by atoms with van der Waals surface area (Å²) in [4.78, 5) is 40.5. The van der Waals surface area contributed by atoms with Gasteiger partial charge in [-0.2, -0.15) is 0 Å². The maximum absolute atomic E-state index is 13.7. The first-order valence-electron chi connectivity index (χ1n) is 12.0. The smallest absolute Gasteiger partial charge is 0.408 e. The first-order valence-corrected chi connectivity index (χ1v) is 12.0. The number of rotatable bonds is 9. The van der Waals surface area contributed by atoms with E-state index >= 15 is 0 Å². The molecule has 0 radical (unpaired) electrons. The first-order chi connectivity index (χ1) is 17.6. The van der Waals surface area contributed by atoms with E-state index in [1.54, 1.807) is 45.1 Å². The second-order valence-electron chi connectivity index (χ2n) is 9.52. The van der Waals surface area contributed by atoms with Crippen LogP contribution in [0.3, 0.4) is 0 Å². The van der Waals surface area contributed by atoms with Crippen molar-refractivity contribution in [2.45, 2.75) is 32.4 Å². The molecule has 0 saturated carbocycles. The molecule has 192 valence electrons. The van der Waals surface area contributed by atoms with Gasteiger partial charge in [-0.15, -0.1) is 6.58 Å². The molecule has 0 aliphatic heterocycles. The van der Waals surface area contributed by atoms with Crippen molar-refractivity contribution in [3.8, 4) is 0 Å². The van der Waals surface area contributed by atoms with Gasteiger partial charge in [-0.05, 0) is 60.9 Å². The molecule has 37 heavy (non-hydrogen) atoms. The number of carbonyl (C=O) groups excluding carboxylic acids is 3. The van der Waals surface area contributed by atoms with Gasteiger partial charge in [0.25, 0.3) is 5.91 Å². The lowest BCUT2D eigenvalue weighted by molar-refractivity contribution is -0.137. The van der Waals surface area contributed by atoms with Gasteiger partial charge in [0.2, 0.25) is 5.91 Å². The van der Waals surface area contributed by atoms with Crippen molar-refractivity contribution in [1.82, 2.24) is 10.2 Å². The Morgan fingerprint density at radius 3 is 2.38 bits per heavy atom. The fourth-order valence-corrected chi connectivity index (χ4v) is 3.86. The van der Waals surface area contributed by atoms with Gasteiger partial charge < -0.3 is 20.3 Å².